The highest BCUT2D eigenvalue weighted by Gasteiger charge is 2.17. The van der Waals surface area contributed by atoms with Crippen LogP contribution in [0.25, 0.3) is 0 Å². The fraction of sp³-hybridized carbons (Fsp3) is 0.636. The molecule has 2 nitrogen and oxygen atoms in total. The van der Waals surface area contributed by atoms with Gasteiger partial charge >= 0.3 is 0 Å². The molecule has 0 rings (SSSR count). The van der Waals surface area contributed by atoms with E-state index in [-0.39, 0.29) is 0 Å². The van der Waals surface area contributed by atoms with Crippen LogP contribution >= 0.6 is 0 Å². The summed E-state index contributed by atoms with van der Waals surface area (Å²) in [7, 11) is 0. The molecule has 0 bridgehead atoms. The third kappa shape index (κ3) is 7.75. The highest BCUT2D eigenvalue weighted by atomic mass is 16.7. The van der Waals surface area contributed by atoms with Gasteiger partial charge in [-0.15, -0.1) is 13.2 Å². The van der Waals surface area contributed by atoms with Gasteiger partial charge in [0.25, 0.3) is 0 Å². The van der Waals surface area contributed by atoms with E-state index in [1.165, 1.54) is 0 Å². The predicted octanol–water partition coefficient (Wildman–Crippen LogP) is 2.91. The van der Waals surface area contributed by atoms with Crippen molar-refractivity contribution in [1.82, 2.24) is 0 Å². The summed E-state index contributed by atoms with van der Waals surface area (Å²) in [6.45, 7) is 12.4. The maximum absolute atomic E-state index is 5.49. The number of rotatable bonds is 8. The van der Waals surface area contributed by atoms with Crippen molar-refractivity contribution < 1.29 is 9.47 Å². The van der Waals surface area contributed by atoms with Crippen molar-refractivity contribution in [2.75, 3.05) is 13.2 Å². The standard InChI is InChI=1S/C11H20O2/c1-5-7-9-12-11(3,4)13-10-8-6-2/h5-6H,1-2,7-10H2,3-4H3. The Hall–Kier alpha value is -0.600. The van der Waals surface area contributed by atoms with E-state index in [1.807, 2.05) is 26.0 Å². The molecule has 76 valence electrons. The lowest BCUT2D eigenvalue weighted by atomic mass is 10.3. The van der Waals surface area contributed by atoms with Crippen LogP contribution in [-0.4, -0.2) is 19.0 Å². The summed E-state index contributed by atoms with van der Waals surface area (Å²) in [5, 5.41) is 0. The third-order valence-electron chi connectivity index (χ3n) is 1.54. The van der Waals surface area contributed by atoms with Crippen LogP contribution in [0, 0.1) is 0 Å². The molecule has 0 aromatic rings. The lowest BCUT2D eigenvalue weighted by molar-refractivity contribution is -0.211. The molecule has 0 atom stereocenters. The molecule has 2 heteroatoms. The largest absolute Gasteiger partial charge is 0.350 e. The van der Waals surface area contributed by atoms with Crippen LogP contribution in [0.3, 0.4) is 0 Å². The van der Waals surface area contributed by atoms with Crippen LogP contribution in [0.5, 0.6) is 0 Å². The quantitative estimate of drug-likeness (QED) is 0.328. The first-order valence-electron chi connectivity index (χ1n) is 4.62. The van der Waals surface area contributed by atoms with E-state index < -0.39 is 5.79 Å². The molecule has 0 spiro atoms. The summed E-state index contributed by atoms with van der Waals surface area (Å²) in [4.78, 5) is 0. The molecular weight excluding hydrogens is 164 g/mol. The molecule has 0 N–H and O–H groups in total. The molecule has 0 unspecified atom stereocenters. The second-order valence-electron chi connectivity index (χ2n) is 3.25. The lowest BCUT2D eigenvalue weighted by Crippen LogP contribution is -2.29. The van der Waals surface area contributed by atoms with E-state index >= 15 is 0 Å². The lowest BCUT2D eigenvalue weighted by Gasteiger charge is -2.25. The second-order valence-corrected chi connectivity index (χ2v) is 3.25. The van der Waals surface area contributed by atoms with Gasteiger partial charge in [0.05, 0.1) is 13.2 Å². The van der Waals surface area contributed by atoms with E-state index in [9.17, 15) is 0 Å². The van der Waals surface area contributed by atoms with Crippen molar-refractivity contribution in [2.24, 2.45) is 0 Å². The third-order valence-corrected chi connectivity index (χ3v) is 1.54. The van der Waals surface area contributed by atoms with Crippen molar-refractivity contribution in [3.63, 3.8) is 0 Å². The highest BCUT2D eigenvalue weighted by molar-refractivity contribution is 4.68. The first kappa shape index (κ1) is 12.4. The molecule has 0 saturated heterocycles. The Kier molecular flexibility index (Phi) is 6.55. The normalized spacial score (nSPS) is 11.2. The highest BCUT2D eigenvalue weighted by Crippen LogP contribution is 2.11. The van der Waals surface area contributed by atoms with Gasteiger partial charge in [-0.05, 0) is 26.7 Å². The van der Waals surface area contributed by atoms with Gasteiger partial charge in [-0.3, -0.25) is 0 Å². The molecular formula is C11H20O2. The topological polar surface area (TPSA) is 18.5 Å². The molecule has 0 amide bonds. The van der Waals surface area contributed by atoms with Crippen LogP contribution in [0.15, 0.2) is 25.3 Å². The summed E-state index contributed by atoms with van der Waals surface area (Å²) in [5.41, 5.74) is 0. The van der Waals surface area contributed by atoms with E-state index in [1.54, 1.807) is 0 Å². The van der Waals surface area contributed by atoms with E-state index in [0.717, 1.165) is 12.8 Å². The fourth-order valence-electron chi connectivity index (χ4n) is 0.818. The van der Waals surface area contributed by atoms with Gasteiger partial charge < -0.3 is 9.47 Å². The maximum atomic E-state index is 5.49. The van der Waals surface area contributed by atoms with Gasteiger partial charge in [0.2, 0.25) is 0 Å². The molecule has 0 aliphatic rings. The molecule has 0 aliphatic carbocycles. The second kappa shape index (κ2) is 6.87. The Morgan fingerprint density at radius 3 is 1.69 bits per heavy atom. The molecule has 0 saturated carbocycles. The van der Waals surface area contributed by atoms with Crippen LogP contribution < -0.4 is 0 Å². The summed E-state index contributed by atoms with van der Waals surface area (Å²) >= 11 is 0. The zero-order valence-corrected chi connectivity index (χ0v) is 8.71. The van der Waals surface area contributed by atoms with Crippen LogP contribution in [0.2, 0.25) is 0 Å². The average molecular weight is 184 g/mol. The molecule has 0 aromatic carbocycles. The number of hydrogen-bond donors (Lipinski definition) is 0. The molecule has 13 heavy (non-hydrogen) atoms. The minimum Gasteiger partial charge on any atom is -0.350 e. The summed E-state index contributed by atoms with van der Waals surface area (Å²) in [6, 6.07) is 0. The van der Waals surface area contributed by atoms with Crippen molar-refractivity contribution in [1.29, 1.82) is 0 Å². The minimum atomic E-state index is -0.494. The molecule has 0 aromatic heterocycles. The number of hydrogen-bond acceptors (Lipinski definition) is 2. The fourth-order valence-corrected chi connectivity index (χ4v) is 0.818. The van der Waals surface area contributed by atoms with Crippen molar-refractivity contribution in [2.45, 2.75) is 32.5 Å². The van der Waals surface area contributed by atoms with Gasteiger partial charge in [0.15, 0.2) is 5.79 Å². The Morgan fingerprint density at radius 1 is 1.00 bits per heavy atom. The predicted molar refractivity (Wildman–Crippen MR) is 55.6 cm³/mol. The van der Waals surface area contributed by atoms with Gasteiger partial charge in [-0.2, -0.15) is 0 Å². The SMILES string of the molecule is C=CCCOC(C)(C)OCCC=C. The maximum Gasteiger partial charge on any atom is 0.162 e. The molecule has 0 heterocycles. The average Bonchev–Trinajstić information content (AvgIpc) is 2.05. The molecule has 0 aliphatic heterocycles. The van der Waals surface area contributed by atoms with Gasteiger partial charge in [0.1, 0.15) is 0 Å². The zero-order valence-electron chi connectivity index (χ0n) is 8.71. The van der Waals surface area contributed by atoms with Crippen LogP contribution in [0.4, 0.5) is 0 Å². The van der Waals surface area contributed by atoms with E-state index in [0.29, 0.717) is 13.2 Å². The summed E-state index contributed by atoms with van der Waals surface area (Å²) in [6.07, 6.45) is 5.38. The Bertz CT molecular complexity index is 134. The summed E-state index contributed by atoms with van der Waals surface area (Å²) < 4.78 is 11.0. The minimum absolute atomic E-state index is 0.494. The van der Waals surface area contributed by atoms with Crippen LogP contribution in [0.1, 0.15) is 26.7 Å². The Labute approximate surface area is 81.2 Å². The Balaban J connectivity index is 3.52. The van der Waals surface area contributed by atoms with Gasteiger partial charge in [-0.1, -0.05) is 12.2 Å². The molecule has 0 radical (unpaired) electrons. The van der Waals surface area contributed by atoms with Crippen molar-refractivity contribution in [3.8, 4) is 0 Å². The summed E-state index contributed by atoms with van der Waals surface area (Å²) in [5.74, 6) is -0.494. The van der Waals surface area contributed by atoms with Crippen molar-refractivity contribution in [3.05, 3.63) is 25.3 Å². The zero-order chi connectivity index (χ0) is 10.2. The van der Waals surface area contributed by atoms with Crippen molar-refractivity contribution >= 4 is 0 Å². The van der Waals surface area contributed by atoms with E-state index in [2.05, 4.69) is 13.2 Å². The number of ether oxygens (including phenoxy) is 2. The van der Waals surface area contributed by atoms with E-state index in [4.69, 9.17) is 9.47 Å². The smallest absolute Gasteiger partial charge is 0.162 e. The Morgan fingerprint density at radius 2 is 1.38 bits per heavy atom. The molecule has 0 fully saturated rings. The first-order valence-corrected chi connectivity index (χ1v) is 4.62. The van der Waals surface area contributed by atoms with Gasteiger partial charge in [0, 0.05) is 0 Å². The monoisotopic (exact) mass is 184 g/mol. The van der Waals surface area contributed by atoms with Gasteiger partial charge in [-0.25, -0.2) is 0 Å². The first-order chi connectivity index (χ1) is 6.12. The van der Waals surface area contributed by atoms with Crippen LogP contribution in [-0.2, 0) is 9.47 Å².